The summed E-state index contributed by atoms with van der Waals surface area (Å²) in [6.07, 6.45) is 2.30. The van der Waals surface area contributed by atoms with Gasteiger partial charge in [-0.15, -0.1) is 0 Å². The van der Waals surface area contributed by atoms with Crippen molar-refractivity contribution in [2.75, 3.05) is 13.7 Å². The molecule has 0 radical (unpaired) electrons. The van der Waals surface area contributed by atoms with Crippen LogP contribution in [0.1, 0.15) is 31.0 Å². The summed E-state index contributed by atoms with van der Waals surface area (Å²) < 4.78 is 15.8. The third kappa shape index (κ3) is 2.86. The minimum Gasteiger partial charge on any atom is -0.464 e. The van der Waals surface area contributed by atoms with Crippen LogP contribution in [0.15, 0.2) is 16.7 Å². The summed E-state index contributed by atoms with van der Waals surface area (Å²) in [6.45, 7) is 4.71. The first kappa shape index (κ1) is 10.3. The topological polar surface area (TPSA) is 31.6 Å². The zero-order valence-electron chi connectivity index (χ0n) is 8.37. The number of hydrogen-bond donors (Lipinski definition) is 0. The highest BCUT2D eigenvalue weighted by Crippen LogP contribution is 2.20. The Kier molecular flexibility index (Phi) is 3.99. The van der Waals surface area contributed by atoms with Gasteiger partial charge in [0.2, 0.25) is 6.29 Å². The SMILES string of the molecule is CCCOC(OC)c1cc(C)co1. The lowest BCUT2D eigenvalue weighted by molar-refractivity contribution is -0.138. The molecule has 1 unspecified atom stereocenters. The molecule has 0 fully saturated rings. The van der Waals surface area contributed by atoms with E-state index in [0.29, 0.717) is 6.61 Å². The van der Waals surface area contributed by atoms with Crippen molar-refractivity contribution in [3.8, 4) is 0 Å². The van der Waals surface area contributed by atoms with E-state index in [2.05, 4.69) is 6.92 Å². The summed E-state index contributed by atoms with van der Waals surface area (Å²) in [7, 11) is 1.61. The minimum absolute atomic E-state index is 0.367. The van der Waals surface area contributed by atoms with E-state index in [1.165, 1.54) is 0 Å². The van der Waals surface area contributed by atoms with Gasteiger partial charge in [-0.3, -0.25) is 0 Å². The molecule has 0 N–H and O–H groups in total. The number of hydrogen-bond acceptors (Lipinski definition) is 3. The van der Waals surface area contributed by atoms with Gasteiger partial charge in [0.1, 0.15) is 0 Å². The van der Waals surface area contributed by atoms with Crippen molar-refractivity contribution in [1.29, 1.82) is 0 Å². The Morgan fingerprint density at radius 3 is 2.77 bits per heavy atom. The summed E-state index contributed by atoms with van der Waals surface area (Å²) >= 11 is 0. The Hall–Kier alpha value is -0.800. The van der Waals surface area contributed by atoms with E-state index in [9.17, 15) is 0 Å². The van der Waals surface area contributed by atoms with Crippen molar-refractivity contribution in [2.24, 2.45) is 0 Å². The van der Waals surface area contributed by atoms with Crippen LogP contribution in [0.5, 0.6) is 0 Å². The maximum Gasteiger partial charge on any atom is 0.216 e. The fourth-order valence-electron chi connectivity index (χ4n) is 1.07. The third-order valence-corrected chi connectivity index (χ3v) is 1.67. The Morgan fingerprint density at radius 1 is 1.54 bits per heavy atom. The largest absolute Gasteiger partial charge is 0.464 e. The lowest BCUT2D eigenvalue weighted by Crippen LogP contribution is -2.06. The predicted octanol–water partition coefficient (Wildman–Crippen LogP) is 2.66. The molecule has 13 heavy (non-hydrogen) atoms. The Balaban J connectivity index is 2.56. The lowest BCUT2D eigenvalue weighted by atomic mass is 10.3. The number of rotatable bonds is 5. The minimum atomic E-state index is -0.367. The quantitative estimate of drug-likeness (QED) is 0.659. The number of aryl methyl sites for hydroxylation is 1. The zero-order valence-corrected chi connectivity index (χ0v) is 8.37. The van der Waals surface area contributed by atoms with Crippen molar-refractivity contribution in [3.63, 3.8) is 0 Å². The molecule has 3 nitrogen and oxygen atoms in total. The summed E-state index contributed by atoms with van der Waals surface area (Å²) in [5.41, 5.74) is 1.08. The first-order chi connectivity index (χ1) is 6.27. The van der Waals surface area contributed by atoms with E-state index in [1.807, 2.05) is 13.0 Å². The fourth-order valence-corrected chi connectivity index (χ4v) is 1.07. The summed E-state index contributed by atoms with van der Waals surface area (Å²) in [5, 5.41) is 0. The number of ether oxygens (including phenoxy) is 2. The molecule has 3 heteroatoms. The van der Waals surface area contributed by atoms with Gasteiger partial charge in [0.25, 0.3) is 0 Å². The standard InChI is InChI=1S/C10H16O3/c1-4-5-12-10(11-3)9-6-8(2)7-13-9/h6-7,10H,4-5H2,1-3H3. The second-order valence-electron chi connectivity index (χ2n) is 2.96. The molecule has 0 amide bonds. The average molecular weight is 184 g/mol. The molecule has 1 aromatic rings. The fraction of sp³-hybridized carbons (Fsp3) is 0.600. The highest BCUT2D eigenvalue weighted by Gasteiger charge is 2.13. The van der Waals surface area contributed by atoms with E-state index in [1.54, 1.807) is 13.4 Å². The molecule has 1 heterocycles. The monoisotopic (exact) mass is 184 g/mol. The normalized spacial score (nSPS) is 13.2. The molecule has 0 saturated carbocycles. The summed E-state index contributed by atoms with van der Waals surface area (Å²) in [4.78, 5) is 0. The maximum absolute atomic E-state index is 5.42. The van der Waals surface area contributed by atoms with E-state index in [-0.39, 0.29) is 6.29 Å². The molecule has 0 spiro atoms. The van der Waals surface area contributed by atoms with E-state index in [0.717, 1.165) is 17.7 Å². The summed E-state index contributed by atoms with van der Waals surface area (Å²) in [6, 6.07) is 1.92. The van der Waals surface area contributed by atoms with Gasteiger partial charge >= 0.3 is 0 Å². The van der Waals surface area contributed by atoms with Crippen LogP contribution >= 0.6 is 0 Å². The first-order valence-corrected chi connectivity index (χ1v) is 4.47. The van der Waals surface area contributed by atoms with E-state index in [4.69, 9.17) is 13.9 Å². The van der Waals surface area contributed by atoms with Gasteiger partial charge in [0.15, 0.2) is 5.76 Å². The van der Waals surface area contributed by atoms with Gasteiger partial charge in [-0.25, -0.2) is 0 Å². The van der Waals surface area contributed by atoms with Crippen molar-refractivity contribution in [3.05, 3.63) is 23.7 Å². The molecule has 0 aliphatic rings. The Bertz CT molecular complexity index is 242. The van der Waals surface area contributed by atoms with E-state index < -0.39 is 0 Å². The molecule has 0 aromatic carbocycles. The van der Waals surface area contributed by atoms with Gasteiger partial charge in [-0.05, 0) is 25.0 Å². The third-order valence-electron chi connectivity index (χ3n) is 1.67. The molecule has 1 atom stereocenters. The van der Waals surface area contributed by atoms with Crippen LogP contribution in [0, 0.1) is 6.92 Å². The molecule has 74 valence electrons. The van der Waals surface area contributed by atoms with Gasteiger partial charge < -0.3 is 13.9 Å². The van der Waals surface area contributed by atoms with Crippen molar-refractivity contribution < 1.29 is 13.9 Å². The van der Waals surface area contributed by atoms with Gasteiger partial charge in [-0.2, -0.15) is 0 Å². The van der Waals surface area contributed by atoms with Crippen molar-refractivity contribution in [2.45, 2.75) is 26.6 Å². The summed E-state index contributed by atoms with van der Waals surface area (Å²) in [5.74, 6) is 0.730. The van der Waals surface area contributed by atoms with Crippen LogP contribution in [0.2, 0.25) is 0 Å². The molecule has 0 saturated heterocycles. The highest BCUT2D eigenvalue weighted by molar-refractivity contribution is 5.11. The zero-order chi connectivity index (χ0) is 9.68. The molecule has 1 aromatic heterocycles. The molecule has 0 aliphatic carbocycles. The van der Waals surface area contributed by atoms with Crippen LogP contribution in [0.4, 0.5) is 0 Å². The smallest absolute Gasteiger partial charge is 0.216 e. The Morgan fingerprint density at radius 2 is 2.31 bits per heavy atom. The molecular weight excluding hydrogens is 168 g/mol. The van der Waals surface area contributed by atoms with E-state index >= 15 is 0 Å². The number of methoxy groups -OCH3 is 1. The van der Waals surface area contributed by atoms with Crippen LogP contribution in [-0.4, -0.2) is 13.7 Å². The Labute approximate surface area is 78.6 Å². The molecule has 0 bridgehead atoms. The predicted molar refractivity (Wildman–Crippen MR) is 49.4 cm³/mol. The van der Waals surface area contributed by atoms with Crippen molar-refractivity contribution in [1.82, 2.24) is 0 Å². The van der Waals surface area contributed by atoms with Gasteiger partial charge in [0.05, 0.1) is 6.26 Å². The van der Waals surface area contributed by atoms with Crippen LogP contribution in [0.3, 0.4) is 0 Å². The molecule has 1 rings (SSSR count). The van der Waals surface area contributed by atoms with Crippen LogP contribution < -0.4 is 0 Å². The molecular formula is C10H16O3. The average Bonchev–Trinajstić information content (AvgIpc) is 2.54. The van der Waals surface area contributed by atoms with Gasteiger partial charge in [0, 0.05) is 13.7 Å². The lowest BCUT2D eigenvalue weighted by Gasteiger charge is -2.12. The second kappa shape index (κ2) is 5.04. The number of furan rings is 1. The van der Waals surface area contributed by atoms with Crippen LogP contribution in [0.25, 0.3) is 0 Å². The first-order valence-electron chi connectivity index (χ1n) is 4.47. The van der Waals surface area contributed by atoms with Crippen molar-refractivity contribution >= 4 is 0 Å². The molecule has 0 aliphatic heterocycles. The second-order valence-corrected chi connectivity index (χ2v) is 2.96. The van der Waals surface area contributed by atoms with Crippen LogP contribution in [-0.2, 0) is 9.47 Å². The highest BCUT2D eigenvalue weighted by atomic mass is 16.7. The maximum atomic E-state index is 5.42. The van der Waals surface area contributed by atoms with Gasteiger partial charge in [-0.1, -0.05) is 6.92 Å².